The second kappa shape index (κ2) is 10.7. The summed E-state index contributed by atoms with van der Waals surface area (Å²) < 4.78 is 10.6. The normalized spacial score (nSPS) is 10.6. The number of halogens is 1. The molecule has 3 aromatic rings. The molecule has 0 spiro atoms. The van der Waals surface area contributed by atoms with Crippen LogP contribution in [0.25, 0.3) is 6.08 Å². The third-order valence-electron chi connectivity index (χ3n) is 3.75. The smallest absolute Gasteiger partial charge is 0.331 e. The largest absolute Gasteiger partial charge is 0.487 e. The van der Waals surface area contributed by atoms with Crippen LogP contribution in [0.15, 0.2) is 73.1 Å². The van der Waals surface area contributed by atoms with Crippen molar-refractivity contribution in [1.82, 2.24) is 9.97 Å². The number of ether oxygens (including phenoxy) is 2. The summed E-state index contributed by atoms with van der Waals surface area (Å²) in [5.41, 5.74) is 1.62. The second-order valence-electron chi connectivity index (χ2n) is 6.03. The van der Waals surface area contributed by atoms with E-state index < -0.39 is 18.5 Å². The first kappa shape index (κ1) is 21.0. The third kappa shape index (κ3) is 7.03. The van der Waals surface area contributed by atoms with E-state index in [9.17, 15) is 9.59 Å². The number of hydrogen-bond acceptors (Lipinski definition) is 6. The molecular formula is C22H18ClN3O4. The summed E-state index contributed by atoms with van der Waals surface area (Å²) in [5, 5.41) is 2.96. The zero-order chi connectivity index (χ0) is 21.2. The number of esters is 1. The summed E-state index contributed by atoms with van der Waals surface area (Å²) in [6.45, 7) is -0.0518. The van der Waals surface area contributed by atoms with Gasteiger partial charge in [0, 0.05) is 18.5 Å². The highest BCUT2D eigenvalue weighted by atomic mass is 35.5. The fraction of sp³-hybridized carbons (Fsp3) is 0.0909. The van der Waals surface area contributed by atoms with E-state index in [1.165, 1.54) is 12.3 Å². The van der Waals surface area contributed by atoms with Crippen LogP contribution in [0.3, 0.4) is 0 Å². The molecule has 8 heteroatoms. The fourth-order valence-electron chi connectivity index (χ4n) is 2.29. The average molecular weight is 424 g/mol. The van der Waals surface area contributed by atoms with E-state index in [-0.39, 0.29) is 0 Å². The predicted octanol–water partition coefficient (Wildman–Crippen LogP) is 3.90. The van der Waals surface area contributed by atoms with Crippen LogP contribution in [-0.4, -0.2) is 28.5 Å². The van der Waals surface area contributed by atoms with Gasteiger partial charge in [-0.1, -0.05) is 29.8 Å². The lowest BCUT2D eigenvalue weighted by atomic mass is 10.2. The van der Waals surface area contributed by atoms with Crippen molar-refractivity contribution in [3.05, 3.63) is 89.3 Å². The Morgan fingerprint density at radius 3 is 2.57 bits per heavy atom. The van der Waals surface area contributed by atoms with E-state index in [0.717, 1.165) is 11.3 Å². The molecule has 2 heterocycles. The number of pyridine rings is 2. The van der Waals surface area contributed by atoms with Gasteiger partial charge in [0.1, 0.15) is 18.2 Å². The number of benzene rings is 1. The van der Waals surface area contributed by atoms with Gasteiger partial charge < -0.3 is 14.8 Å². The molecule has 1 aromatic carbocycles. The van der Waals surface area contributed by atoms with Gasteiger partial charge in [-0.3, -0.25) is 9.78 Å². The Balaban J connectivity index is 1.41. The Hall–Kier alpha value is -3.71. The molecule has 1 N–H and O–H groups in total. The van der Waals surface area contributed by atoms with Gasteiger partial charge in [-0.2, -0.15) is 0 Å². The molecule has 1 amide bonds. The van der Waals surface area contributed by atoms with Crippen LogP contribution in [-0.2, 0) is 20.9 Å². The Morgan fingerprint density at radius 1 is 1.03 bits per heavy atom. The average Bonchev–Trinajstić information content (AvgIpc) is 2.78. The van der Waals surface area contributed by atoms with E-state index in [1.54, 1.807) is 48.7 Å². The highest BCUT2D eigenvalue weighted by Gasteiger charge is 2.06. The number of carbonyl (C=O) groups excluding carboxylic acids is 2. The van der Waals surface area contributed by atoms with E-state index in [4.69, 9.17) is 21.1 Å². The maximum absolute atomic E-state index is 11.8. The van der Waals surface area contributed by atoms with Crippen LogP contribution in [0.2, 0.25) is 5.02 Å². The van der Waals surface area contributed by atoms with Gasteiger partial charge in [-0.15, -0.1) is 0 Å². The topological polar surface area (TPSA) is 90.4 Å². The molecule has 2 aromatic heterocycles. The molecule has 0 unspecified atom stereocenters. The van der Waals surface area contributed by atoms with Crippen molar-refractivity contribution < 1.29 is 19.1 Å². The molecule has 0 aliphatic carbocycles. The predicted molar refractivity (Wildman–Crippen MR) is 113 cm³/mol. The van der Waals surface area contributed by atoms with Crippen LogP contribution in [0.4, 0.5) is 5.82 Å². The molecule has 0 radical (unpaired) electrons. The molecule has 152 valence electrons. The molecule has 0 fully saturated rings. The Labute approximate surface area is 178 Å². The summed E-state index contributed by atoms with van der Waals surface area (Å²) in [4.78, 5) is 31.7. The summed E-state index contributed by atoms with van der Waals surface area (Å²) in [5.74, 6) is -0.125. The molecule has 0 bridgehead atoms. The van der Waals surface area contributed by atoms with Crippen molar-refractivity contribution in [3.63, 3.8) is 0 Å². The molecule has 0 aliphatic heterocycles. The van der Waals surface area contributed by atoms with Gasteiger partial charge in [-0.25, -0.2) is 9.78 Å². The standard InChI is InChI=1S/C22H18ClN3O4/c23-17-7-10-20(25-13-17)26-21(27)15-30-22(28)11-6-16-4-8-19(9-5-16)29-14-18-3-1-2-12-24-18/h1-13H,14-15H2,(H,25,26,27). The Kier molecular flexibility index (Phi) is 7.51. The number of anilines is 1. The first-order valence-corrected chi connectivity index (χ1v) is 9.35. The summed E-state index contributed by atoms with van der Waals surface area (Å²) >= 11 is 5.72. The lowest BCUT2D eigenvalue weighted by Crippen LogP contribution is -2.20. The first-order valence-electron chi connectivity index (χ1n) is 8.97. The molecule has 7 nitrogen and oxygen atoms in total. The van der Waals surface area contributed by atoms with E-state index in [0.29, 0.717) is 23.2 Å². The minimum atomic E-state index is -0.635. The first-order chi connectivity index (χ1) is 14.6. The van der Waals surface area contributed by atoms with Crippen molar-refractivity contribution in [2.45, 2.75) is 6.61 Å². The minimum Gasteiger partial charge on any atom is -0.487 e. The van der Waals surface area contributed by atoms with Gasteiger partial charge in [0.05, 0.1) is 10.7 Å². The van der Waals surface area contributed by atoms with Gasteiger partial charge in [0.2, 0.25) is 0 Å². The maximum atomic E-state index is 11.8. The van der Waals surface area contributed by atoms with Crippen LogP contribution in [0, 0.1) is 0 Å². The Morgan fingerprint density at radius 2 is 1.87 bits per heavy atom. The van der Waals surface area contributed by atoms with Crippen molar-refractivity contribution in [3.8, 4) is 5.75 Å². The molecule has 0 aliphatic rings. The molecule has 3 rings (SSSR count). The summed E-state index contributed by atoms with van der Waals surface area (Å²) in [6, 6.07) is 16.0. The highest BCUT2D eigenvalue weighted by molar-refractivity contribution is 6.30. The van der Waals surface area contributed by atoms with Crippen LogP contribution in [0.1, 0.15) is 11.3 Å². The van der Waals surface area contributed by atoms with E-state index in [2.05, 4.69) is 15.3 Å². The minimum absolute atomic E-state index is 0.321. The second-order valence-corrected chi connectivity index (χ2v) is 6.47. The number of hydrogen-bond donors (Lipinski definition) is 1. The van der Waals surface area contributed by atoms with E-state index >= 15 is 0 Å². The number of amides is 1. The zero-order valence-electron chi connectivity index (χ0n) is 15.8. The van der Waals surface area contributed by atoms with Gasteiger partial charge in [-0.05, 0) is 48.0 Å². The summed E-state index contributed by atoms with van der Waals surface area (Å²) in [6.07, 6.45) is 5.95. The molecular weight excluding hydrogens is 406 g/mol. The number of carbonyl (C=O) groups is 2. The number of nitrogens with one attached hydrogen (secondary N) is 1. The van der Waals surface area contributed by atoms with E-state index in [1.807, 2.05) is 18.2 Å². The fourth-order valence-corrected chi connectivity index (χ4v) is 2.41. The number of nitrogens with zero attached hydrogens (tertiary/aromatic N) is 2. The molecule has 0 saturated heterocycles. The summed E-state index contributed by atoms with van der Waals surface area (Å²) in [7, 11) is 0. The van der Waals surface area contributed by atoms with Crippen molar-refractivity contribution >= 4 is 35.4 Å². The van der Waals surface area contributed by atoms with Gasteiger partial charge in [0.15, 0.2) is 6.61 Å². The van der Waals surface area contributed by atoms with Gasteiger partial charge in [0.25, 0.3) is 5.91 Å². The SMILES string of the molecule is O=C(COC(=O)C=Cc1ccc(OCc2ccccn2)cc1)Nc1ccc(Cl)cn1. The Bertz CT molecular complexity index is 1010. The lowest BCUT2D eigenvalue weighted by Gasteiger charge is -2.06. The number of aromatic nitrogens is 2. The van der Waals surface area contributed by atoms with Crippen molar-refractivity contribution in [2.75, 3.05) is 11.9 Å². The quantitative estimate of drug-likeness (QED) is 0.436. The highest BCUT2D eigenvalue weighted by Crippen LogP contribution is 2.15. The molecule has 0 saturated carbocycles. The zero-order valence-corrected chi connectivity index (χ0v) is 16.6. The van der Waals surface area contributed by atoms with Crippen molar-refractivity contribution in [1.29, 1.82) is 0 Å². The molecule has 30 heavy (non-hydrogen) atoms. The molecule has 0 atom stereocenters. The number of rotatable bonds is 8. The van der Waals surface area contributed by atoms with Crippen LogP contribution in [0.5, 0.6) is 5.75 Å². The van der Waals surface area contributed by atoms with Crippen molar-refractivity contribution in [2.24, 2.45) is 0 Å². The third-order valence-corrected chi connectivity index (χ3v) is 3.97. The van der Waals surface area contributed by atoms with Gasteiger partial charge >= 0.3 is 5.97 Å². The monoisotopic (exact) mass is 423 g/mol. The maximum Gasteiger partial charge on any atom is 0.331 e. The van der Waals surface area contributed by atoms with Crippen LogP contribution < -0.4 is 10.1 Å². The van der Waals surface area contributed by atoms with Crippen LogP contribution >= 0.6 is 11.6 Å². The lowest BCUT2D eigenvalue weighted by molar-refractivity contribution is -0.142.